The van der Waals surface area contributed by atoms with Crippen LogP contribution in [0.3, 0.4) is 0 Å². The fraction of sp³-hybridized carbons (Fsp3) is 0.462. The number of anilines is 1. The summed E-state index contributed by atoms with van der Waals surface area (Å²) in [4.78, 5) is 13.0. The van der Waals surface area contributed by atoms with Crippen LogP contribution in [0.2, 0.25) is 5.02 Å². The zero-order valence-corrected chi connectivity index (χ0v) is 11.3. The van der Waals surface area contributed by atoms with Gasteiger partial charge in [0.1, 0.15) is 0 Å². The number of hydrogen-bond acceptors (Lipinski definition) is 3. The van der Waals surface area contributed by atoms with Crippen molar-refractivity contribution in [3.63, 3.8) is 0 Å². The number of rotatable bonds is 7. The van der Waals surface area contributed by atoms with E-state index in [-0.39, 0.29) is 13.2 Å². The van der Waals surface area contributed by atoms with Gasteiger partial charge in [-0.15, -0.1) is 0 Å². The van der Waals surface area contributed by atoms with Crippen molar-refractivity contribution in [3.8, 4) is 0 Å². The van der Waals surface area contributed by atoms with Gasteiger partial charge in [-0.3, -0.25) is 4.79 Å². The molecule has 0 atom stereocenters. The van der Waals surface area contributed by atoms with E-state index in [2.05, 4.69) is 6.92 Å². The fourth-order valence-electron chi connectivity index (χ4n) is 1.85. The number of halogens is 1. The summed E-state index contributed by atoms with van der Waals surface area (Å²) in [6.07, 6.45) is 1.94. The second kappa shape index (κ2) is 7.24. The predicted molar refractivity (Wildman–Crippen MR) is 73.7 cm³/mol. The molecule has 3 N–H and O–H groups in total. The van der Waals surface area contributed by atoms with E-state index >= 15 is 0 Å². The SMILES string of the molecule is CCCCN(CC(N)=O)c1c(Cl)cccc1CO. The van der Waals surface area contributed by atoms with Crippen molar-refractivity contribution >= 4 is 23.2 Å². The maximum atomic E-state index is 11.1. The van der Waals surface area contributed by atoms with E-state index in [1.165, 1.54) is 0 Å². The highest BCUT2D eigenvalue weighted by Gasteiger charge is 2.16. The van der Waals surface area contributed by atoms with Crippen molar-refractivity contribution < 1.29 is 9.90 Å². The second-order valence-electron chi connectivity index (χ2n) is 4.15. The van der Waals surface area contributed by atoms with Gasteiger partial charge in [0.05, 0.1) is 23.9 Å². The number of aliphatic hydroxyl groups excluding tert-OH is 1. The molecule has 0 saturated carbocycles. The monoisotopic (exact) mass is 270 g/mol. The van der Waals surface area contributed by atoms with E-state index < -0.39 is 5.91 Å². The first kappa shape index (κ1) is 14.8. The number of hydrogen-bond donors (Lipinski definition) is 2. The Hall–Kier alpha value is -1.26. The summed E-state index contributed by atoms with van der Waals surface area (Å²) in [5.74, 6) is -0.407. The number of benzene rings is 1. The Balaban J connectivity index is 3.06. The lowest BCUT2D eigenvalue weighted by molar-refractivity contribution is -0.116. The summed E-state index contributed by atoms with van der Waals surface area (Å²) in [5.41, 5.74) is 6.67. The van der Waals surface area contributed by atoms with E-state index in [1.54, 1.807) is 18.2 Å². The standard InChI is InChI=1S/C13H19ClN2O2/c1-2-3-7-16(8-12(15)18)13-10(9-17)5-4-6-11(13)14/h4-6,17H,2-3,7-9H2,1H3,(H2,15,18). The first-order valence-corrected chi connectivity index (χ1v) is 6.39. The van der Waals surface area contributed by atoms with Gasteiger partial charge in [-0.1, -0.05) is 37.1 Å². The molecule has 0 aromatic heterocycles. The van der Waals surface area contributed by atoms with Crippen LogP contribution in [0.5, 0.6) is 0 Å². The predicted octanol–water partition coefficient (Wildman–Crippen LogP) is 1.92. The topological polar surface area (TPSA) is 66.6 Å². The third kappa shape index (κ3) is 3.89. The second-order valence-corrected chi connectivity index (χ2v) is 4.55. The highest BCUT2D eigenvalue weighted by atomic mass is 35.5. The van der Waals surface area contributed by atoms with Crippen LogP contribution >= 0.6 is 11.6 Å². The van der Waals surface area contributed by atoms with Crippen LogP contribution in [-0.4, -0.2) is 24.1 Å². The molecule has 0 fully saturated rings. The summed E-state index contributed by atoms with van der Waals surface area (Å²) in [5, 5.41) is 9.88. The van der Waals surface area contributed by atoms with Crippen LogP contribution in [-0.2, 0) is 11.4 Å². The number of primary amides is 1. The normalized spacial score (nSPS) is 10.4. The quantitative estimate of drug-likeness (QED) is 0.796. The average molecular weight is 271 g/mol. The van der Waals surface area contributed by atoms with Crippen LogP contribution in [0.4, 0.5) is 5.69 Å². The molecule has 0 saturated heterocycles. The van der Waals surface area contributed by atoms with Crippen molar-refractivity contribution in [2.75, 3.05) is 18.0 Å². The number of carbonyl (C=O) groups excluding carboxylic acids is 1. The molecule has 1 aromatic carbocycles. The lowest BCUT2D eigenvalue weighted by Crippen LogP contribution is -2.35. The maximum absolute atomic E-state index is 11.1. The lowest BCUT2D eigenvalue weighted by Gasteiger charge is -2.26. The fourth-order valence-corrected chi connectivity index (χ4v) is 2.16. The Morgan fingerprint density at radius 2 is 2.22 bits per heavy atom. The third-order valence-corrected chi connectivity index (χ3v) is 2.99. The summed E-state index contributed by atoms with van der Waals surface area (Å²) >= 11 is 6.16. The molecule has 0 aliphatic heterocycles. The van der Waals surface area contributed by atoms with Gasteiger partial charge in [-0.2, -0.15) is 0 Å². The van der Waals surface area contributed by atoms with Crippen molar-refractivity contribution in [3.05, 3.63) is 28.8 Å². The van der Waals surface area contributed by atoms with Crippen molar-refractivity contribution in [1.29, 1.82) is 0 Å². The molecule has 1 rings (SSSR count). The molecule has 4 nitrogen and oxygen atoms in total. The Bertz CT molecular complexity index is 410. The van der Waals surface area contributed by atoms with E-state index in [0.29, 0.717) is 22.8 Å². The number of carbonyl (C=O) groups is 1. The van der Waals surface area contributed by atoms with Crippen LogP contribution < -0.4 is 10.6 Å². The highest BCUT2D eigenvalue weighted by molar-refractivity contribution is 6.33. The average Bonchev–Trinajstić information content (AvgIpc) is 2.34. The van der Waals surface area contributed by atoms with Crippen molar-refractivity contribution in [1.82, 2.24) is 0 Å². The van der Waals surface area contributed by atoms with Crippen LogP contribution in [0.1, 0.15) is 25.3 Å². The highest BCUT2D eigenvalue weighted by Crippen LogP contribution is 2.30. The van der Waals surface area contributed by atoms with Gasteiger partial charge in [0.2, 0.25) is 5.91 Å². The zero-order chi connectivity index (χ0) is 13.5. The summed E-state index contributed by atoms with van der Waals surface area (Å²) in [7, 11) is 0. The van der Waals surface area contributed by atoms with Gasteiger partial charge >= 0.3 is 0 Å². The minimum atomic E-state index is -0.407. The van der Waals surface area contributed by atoms with E-state index in [1.807, 2.05) is 4.90 Å². The van der Waals surface area contributed by atoms with E-state index in [0.717, 1.165) is 12.8 Å². The maximum Gasteiger partial charge on any atom is 0.236 e. The zero-order valence-electron chi connectivity index (χ0n) is 10.5. The molecular formula is C13H19ClN2O2. The molecular weight excluding hydrogens is 252 g/mol. The van der Waals surface area contributed by atoms with Gasteiger partial charge in [0, 0.05) is 12.1 Å². The van der Waals surface area contributed by atoms with Crippen LogP contribution in [0.15, 0.2) is 18.2 Å². The van der Waals surface area contributed by atoms with Gasteiger partial charge in [-0.25, -0.2) is 0 Å². The van der Waals surface area contributed by atoms with Crippen LogP contribution in [0, 0.1) is 0 Å². The van der Waals surface area contributed by atoms with Gasteiger partial charge < -0.3 is 15.7 Å². The molecule has 5 heteroatoms. The van der Waals surface area contributed by atoms with Crippen molar-refractivity contribution in [2.45, 2.75) is 26.4 Å². The summed E-state index contributed by atoms with van der Waals surface area (Å²) in [6, 6.07) is 5.32. The van der Waals surface area contributed by atoms with Gasteiger partial charge in [0.15, 0.2) is 0 Å². The van der Waals surface area contributed by atoms with Gasteiger partial charge in [-0.05, 0) is 12.5 Å². The molecule has 100 valence electrons. The molecule has 0 bridgehead atoms. The number of nitrogens with two attached hydrogens (primary N) is 1. The van der Waals surface area contributed by atoms with Crippen LogP contribution in [0.25, 0.3) is 0 Å². The largest absolute Gasteiger partial charge is 0.392 e. The minimum Gasteiger partial charge on any atom is -0.392 e. The molecule has 1 aromatic rings. The molecule has 0 radical (unpaired) electrons. The Kier molecular flexibility index (Phi) is 5.95. The molecule has 18 heavy (non-hydrogen) atoms. The number of nitrogens with zero attached hydrogens (tertiary/aromatic N) is 1. The minimum absolute atomic E-state index is 0.108. The molecule has 0 unspecified atom stereocenters. The van der Waals surface area contributed by atoms with Gasteiger partial charge in [0.25, 0.3) is 0 Å². The first-order chi connectivity index (χ1) is 8.60. The van der Waals surface area contributed by atoms with E-state index in [9.17, 15) is 9.90 Å². The Labute approximate surface area is 112 Å². The molecule has 1 amide bonds. The van der Waals surface area contributed by atoms with E-state index in [4.69, 9.17) is 17.3 Å². The van der Waals surface area contributed by atoms with Crippen molar-refractivity contribution in [2.24, 2.45) is 5.73 Å². The number of unbranched alkanes of at least 4 members (excludes halogenated alkanes) is 1. The number of amides is 1. The smallest absolute Gasteiger partial charge is 0.236 e. The number of para-hydroxylation sites is 1. The summed E-state index contributed by atoms with van der Waals surface area (Å²) in [6.45, 7) is 2.76. The molecule has 0 heterocycles. The lowest BCUT2D eigenvalue weighted by atomic mass is 10.1. The molecule has 0 aliphatic carbocycles. The summed E-state index contributed by atoms with van der Waals surface area (Å²) < 4.78 is 0. The molecule has 0 aliphatic rings. The first-order valence-electron chi connectivity index (χ1n) is 6.01. The Morgan fingerprint density at radius 3 is 2.78 bits per heavy atom. The third-order valence-electron chi connectivity index (χ3n) is 2.69. The molecule has 0 spiro atoms. The number of aliphatic hydroxyl groups is 1. The Morgan fingerprint density at radius 1 is 1.50 bits per heavy atom.